The molecule has 0 amide bonds. The van der Waals surface area contributed by atoms with E-state index in [1.54, 1.807) is 11.3 Å². The zero-order valence-corrected chi connectivity index (χ0v) is 21.5. The van der Waals surface area contributed by atoms with Crippen LogP contribution >= 0.6 is 11.3 Å². The summed E-state index contributed by atoms with van der Waals surface area (Å²) in [5, 5.41) is 3.53. The van der Waals surface area contributed by atoms with Crippen LogP contribution in [0.5, 0.6) is 0 Å². The van der Waals surface area contributed by atoms with Gasteiger partial charge in [-0.25, -0.2) is 18.6 Å². The molecule has 6 nitrogen and oxygen atoms in total. The van der Waals surface area contributed by atoms with Crippen LogP contribution in [0.4, 0.5) is 5.69 Å². The summed E-state index contributed by atoms with van der Waals surface area (Å²) in [5.41, 5.74) is 8.77. The lowest BCUT2D eigenvalue weighted by atomic mass is 9.96. The molecule has 1 aliphatic heterocycles. The SMILES string of the molecule is CCN1C=C/C(=C\c2cc3scc(-c4ccccc4)[n+]3c3ccccc23)c2ccccc21.[O-][Cl+3]([O-])([O-])[O-]. The van der Waals surface area contributed by atoms with Gasteiger partial charge in [0.15, 0.2) is 0 Å². The Labute approximate surface area is 220 Å². The lowest BCUT2D eigenvalue weighted by Crippen LogP contribution is -2.68. The van der Waals surface area contributed by atoms with Crippen LogP contribution in [-0.2, 0) is 0 Å². The van der Waals surface area contributed by atoms with Crippen molar-refractivity contribution in [2.75, 3.05) is 11.4 Å². The molecule has 0 unspecified atom stereocenters. The van der Waals surface area contributed by atoms with Crippen molar-refractivity contribution < 1.29 is 33.3 Å². The van der Waals surface area contributed by atoms with E-state index in [4.69, 9.17) is 18.6 Å². The number of benzene rings is 3. The monoisotopic (exact) mass is 530 g/mol. The minimum absolute atomic E-state index is 0.962. The average molecular weight is 531 g/mol. The van der Waals surface area contributed by atoms with Crippen LogP contribution in [0.25, 0.3) is 38.6 Å². The highest BCUT2D eigenvalue weighted by molar-refractivity contribution is 7.15. The summed E-state index contributed by atoms with van der Waals surface area (Å²) in [7, 11) is -4.94. The maximum Gasteiger partial charge on any atom is 0.268 e. The summed E-state index contributed by atoms with van der Waals surface area (Å²) in [6, 6.07) is 30.4. The summed E-state index contributed by atoms with van der Waals surface area (Å²) >= 11 is 1.80. The van der Waals surface area contributed by atoms with Gasteiger partial charge in [0.05, 0.1) is 10.8 Å². The van der Waals surface area contributed by atoms with Crippen molar-refractivity contribution in [2.45, 2.75) is 6.92 Å². The van der Waals surface area contributed by atoms with Crippen molar-refractivity contribution in [1.82, 2.24) is 0 Å². The minimum Gasteiger partial charge on any atom is -0.348 e. The van der Waals surface area contributed by atoms with E-state index in [1.807, 2.05) is 0 Å². The molecule has 3 aromatic carbocycles. The van der Waals surface area contributed by atoms with Crippen molar-refractivity contribution in [1.29, 1.82) is 0 Å². The molecule has 0 bridgehead atoms. The molecular weight excluding hydrogens is 508 g/mol. The normalized spacial score (nSPS) is 14.1. The second-order valence-corrected chi connectivity index (χ2v) is 10.0. The molecule has 186 valence electrons. The predicted molar refractivity (Wildman–Crippen MR) is 137 cm³/mol. The third-order valence-corrected chi connectivity index (χ3v) is 7.05. The van der Waals surface area contributed by atoms with Gasteiger partial charge in [-0.1, -0.05) is 59.9 Å². The Morgan fingerprint density at radius 3 is 2.32 bits per heavy atom. The Hall–Kier alpha value is -3.56. The number of fused-ring (bicyclic) bond motifs is 4. The van der Waals surface area contributed by atoms with Crippen molar-refractivity contribution in [2.24, 2.45) is 0 Å². The third-order valence-electron chi connectivity index (χ3n) is 6.17. The van der Waals surface area contributed by atoms with Gasteiger partial charge in [-0.05, 0) is 54.5 Å². The standard InChI is InChI=1S/C29H23N2S.ClHO4/c1-2-30-17-16-22(24-12-6-8-14-26(24)30)18-23-19-29-31(27-15-9-7-13-25(23)27)28(20-32-29)21-10-4-3-5-11-21;2-1(3,4)5/h3-20H,2H2,1H3;(H,2,3,4,5)/q+1;/p-1. The van der Waals surface area contributed by atoms with Crippen LogP contribution < -0.4 is 27.9 Å². The fourth-order valence-electron chi connectivity index (χ4n) is 4.61. The summed E-state index contributed by atoms with van der Waals surface area (Å²) in [5.74, 6) is 0. The first-order valence-corrected chi connectivity index (χ1v) is 13.7. The molecule has 2 aromatic heterocycles. The lowest BCUT2D eigenvalue weighted by molar-refractivity contribution is -2.00. The summed E-state index contributed by atoms with van der Waals surface area (Å²) < 4.78 is 36.4. The fraction of sp³-hybridized carbons (Fsp3) is 0.0690. The molecule has 37 heavy (non-hydrogen) atoms. The Balaban J connectivity index is 0.000000514. The van der Waals surface area contributed by atoms with Crippen LogP contribution in [0.1, 0.15) is 18.1 Å². The highest BCUT2D eigenvalue weighted by Gasteiger charge is 2.22. The van der Waals surface area contributed by atoms with Crippen molar-refractivity contribution in [3.63, 3.8) is 0 Å². The number of hydrogen-bond donors (Lipinski definition) is 0. The quantitative estimate of drug-likeness (QED) is 0.334. The van der Waals surface area contributed by atoms with E-state index in [2.05, 4.69) is 125 Å². The molecule has 1 aliphatic rings. The van der Waals surface area contributed by atoms with E-state index >= 15 is 0 Å². The molecule has 0 atom stereocenters. The lowest BCUT2D eigenvalue weighted by Gasteiger charge is -2.26. The van der Waals surface area contributed by atoms with Crippen LogP contribution in [0.15, 0.2) is 103 Å². The number of aromatic nitrogens is 1. The first-order valence-electron chi connectivity index (χ1n) is 11.6. The van der Waals surface area contributed by atoms with Gasteiger partial charge in [0.1, 0.15) is 0 Å². The number of thiazole rings is 1. The van der Waals surface area contributed by atoms with Gasteiger partial charge in [0, 0.05) is 41.7 Å². The van der Waals surface area contributed by atoms with Crippen LogP contribution in [0, 0.1) is 10.2 Å². The van der Waals surface area contributed by atoms with E-state index in [1.165, 1.54) is 49.4 Å². The van der Waals surface area contributed by atoms with Gasteiger partial charge in [-0.3, -0.25) is 0 Å². The average Bonchev–Trinajstić information content (AvgIpc) is 3.33. The van der Waals surface area contributed by atoms with E-state index in [9.17, 15) is 0 Å². The molecular formula is C29H23ClN2O4S. The van der Waals surface area contributed by atoms with Crippen LogP contribution in [0.3, 0.4) is 0 Å². The number of rotatable bonds is 3. The highest BCUT2D eigenvalue weighted by atomic mass is 35.7. The number of allylic oxidation sites excluding steroid dienone is 2. The van der Waals surface area contributed by atoms with E-state index in [0.717, 1.165) is 6.54 Å². The topological polar surface area (TPSA) is 99.6 Å². The molecule has 0 aliphatic carbocycles. The smallest absolute Gasteiger partial charge is 0.268 e. The molecule has 0 radical (unpaired) electrons. The number of halogens is 1. The number of hydrogen-bond acceptors (Lipinski definition) is 6. The zero-order valence-electron chi connectivity index (χ0n) is 19.9. The van der Waals surface area contributed by atoms with Gasteiger partial charge in [0.25, 0.3) is 4.83 Å². The van der Waals surface area contributed by atoms with Gasteiger partial charge >= 0.3 is 0 Å². The van der Waals surface area contributed by atoms with Crippen molar-refractivity contribution in [3.8, 4) is 11.3 Å². The zero-order chi connectivity index (χ0) is 26.0. The second kappa shape index (κ2) is 10.4. The van der Waals surface area contributed by atoms with E-state index in [0.29, 0.717) is 0 Å². The number of anilines is 1. The molecule has 0 fully saturated rings. The molecule has 8 heteroatoms. The summed E-state index contributed by atoms with van der Waals surface area (Å²) in [6.45, 7) is 3.15. The maximum atomic E-state index is 8.49. The van der Waals surface area contributed by atoms with E-state index in [-0.39, 0.29) is 0 Å². The van der Waals surface area contributed by atoms with Crippen LogP contribution in [0.2, 0.25) is 0 Å². The molecule has 0 saturated heterocycles. The van der Waals surface area contributed by atoms with Gasteiger partial charge in [-0.15, -0.1) is 14.6 Å². The number of para-hydroxylation sites is 2. The fourth-order valence-corrected chi connectivity index (χ4v) is 5.59. The molecule has 3 heterocycles. The predicted octanol–water partition coefficient (Wildman–Crippen LogP) is 2.45. The van der Waals surface area contributed by atoms with Gasteiger partial charge < -0.3 is 4.90 Å². The Morgan fingerprint density at radius 2 is 1.57 bits per heavy atom. The van der Waals surface area contributed by atoms with E-state index < -0.39 is 10.2 Å². The summed E-state index contributed by atoms with van der Waals surface area (Å²) in [6.07, 6.45) is 6.77. The summed E-state index contributed by atoms with van der Waals surface area (Å²) in [4.78, 5) is 3.55. The molecule has 0 spiro atoms. The molecule has 0 saturated carbocycles. The molecule has 0 N–H and O–H groups in total. The maximum absolute atomic E-state index is 8.49. The number of pyridine rings is 1. The van der Waals surface area contributed by atoms with Crippen LogP contribution in [-0.4, -0.2) is 6.54 Å². The number of nitrogens with zero attached hydrogens (tertiary/aromatic N) is 2. The largest absolute Gasteiger partial charge is 0.348 e. The Morgan fingerprint density at radius 1 is 0.892 bits per heavy atom. The van der Waals surface area contributed by atoms with Crippen molar-refractivity contribution >= 4 is 44.4 Å². The highest BCUT2D eigenvalue weighted by Crippen LogP contribution is 2.35. The Bertz CT molecular complexity index is 1620. The van der Waals surface area contributed by atoms with Crippen molar-refractivity contribution in [3.05, 3.63) is 114 Å². The minimum atomic E-state index is -4.94. The molecule has 6 rings (SSSR count). The Kier molecular flexibility index (Phi) is 7.08. The first-order chi connectivity index (χ1) is 17.8. The second-order valence-electron chi connectivity index (χ2n) is 8.37. The van der Waals surface area contributed by atoms with Gasteiger partial charge in [-0.2, -0.15) is 0 Å². The van der Waals surface area contributed by atoms with Gasteiger partial charge in [0.2, 0.25) is 11.2 Å². The molecule has 5 aromatic rings. The third kappa shape index (κ3) is 5.42. The first kappa shape index (κ1) is 25.1.